The minimum absolute atomic E-state index is 0.164. The Bertz CT molecular complexity index is 350. The number of carbonyl (C=O) groups excluding carboxylic acids is 1. The molecule has 1 fully saturated rings. The van der Waals surface area contributed by atoms with Crippen LogP contribution in [0, 0.1) is 0 Å². The van der Waals surface area contributed by atoms with Crippen LogP contribution in [-0.4, -0.2) is 37.1 Å². The van der Waals surface area contributed by atoms with Crippen LogP contribution in [0.15, 0.2) is 30.3 Å². The molecule has 5 heteroatoms. The van der Waals surface area contributed by atoms with Crippen molar-refractivity contribution in [3.8, 4) is 0 Å². The molecule has 5 nitrogen and oxygen atoms in total. The van der Waals surface area contributed by atoms with E-state index in [2.05, 4.69) is 10.8 Å². The van der Waals surface area contributed by atoms with Crippen LogP contribution in [0.1, 0.15) is 5.56 Å². The van der Waals surface area contributed by atoms with Gasteiger partial charge in [0.1, 0.15) is 0 Å². The zero-order chi connectivity index (χ0) is 11.9. The summed E-state index contributed by atoms with van der Waals surface area (Å²) in [4.78, 5) is 18.6. The lowest BCUT2D eigenvalue weighted by Gasteiger charge is -2.27. The first-order valence-corrected chi connectivity index (χ1v) is 5.77. The Balaban J connectivity index is 1.69. The molecule has 0 saturated carbocycles. The van der Waals surface area contributed by atoms with Gasteiger partial charge in [0.2, 0.25) is 0 Å². The van der Waals surface area contributed by atoms with Crippen LogP contribution in [0.3, 0.4) is 0 Å². The molecule has 0 unspecified atom stereocenters. The van der Waals surface area contributed by atoms with Crippen LogP contribution in [0.4, 0.5) is 4.79 Å². The lowest BCUT2D eigenvalue weighted by atomic mass is 10.2. The fourth-order valence-electron chi connectivity index (χ4n) is 1.69. The molecule has 1 saturated heterocycles. The summed E-state index contributed by atoms with van der Waals surface area (Å²) < 4.78 is 0. The molecular formula is C12H17N3O2. The lowest BCUT2D eigenvalue weighted by molar-refractivity contribution is 0.0353. The van der Waals surface area contributed by atoms with Gasteiger partial charge in [0.05, 0.1) is 6.61 Å². The predicted octanol–water partition coefficient (Wildman–Crippen LogP) is 0.733. The van der Waals surface area contributed by atoms with E-state index in [9.17, 15) is 4.79 Å². The number of nitrogens with one attached hydrogen (secondary N) is 2. The maximum atomic E-state index is 11.7. The smallest absolute Gasteiger partial charge is 0.321 e. The fourth-order valence-corrected chi connectivity index (χ4v) is 1.69. The molecule has 0 atom stereocenters. The predicted molar refractivity (Wildman–Crippen MR) is 64.2 cm³/mol. The molecular weight excluding hydrogens is 218 g/mol. The van der Waals surface area contributed by atoms with E-state index in [-0.39, 0.29) is 6.03 Å². The quantitative estimate of drug-likeness (QED) is 0.760. The summed E-state index contributed by atoms with van der Waals surface area (Å²) in [7, 11) is 0. The third-order valence-corrected chi connectivity index (χ3v) is 2.65. The van der Waals surface area contributed by atoms with Crippen molar-refractivity contribution in [3.05, 3.63) is 35.9 Å². The molecule has 2 rings (SSSR count). The number of hydroxylamine groups is 1. The average molecular weight is 235 g/mol. The topological polar surface area (TPSA) is 53.6 Å². The second-order valence-electron chi connectivity index (χ2n) is 3.92. The summed E-state index contributed by atoms with van der Waals surface area (Å²) in [5, 5.41) is 3.19. The molecule has 1 heterocycles. The zero-order valence-corrected chi connectivity index (χ0v) is 9.69. The lowest BCUT2D eigenvalue weighted by Crippen LogP contribution is -2.50. The molecule has 0 spiro atoms. The molecule has 1 aromatic carbocycles. The molecule has 2 amide bonds. The van der Waals surface area contributed by atoms with E-state index in [0.29, 0.717) is 6.61 Å². The van der Waals surface area contributed by atoms with E-state index in [4.69, 9.17) is 4.84 Å². The Morgan fingerprint density at radius 3 is 2.71 bits per heavy atom. The number of nitrogens with zero attached hydrogens (tertiary/aromatic N) is 1. The Hall–Kier alpha value is -1.59. The number of hydrogen-bond donors (Lipinski definition) is 2. The van der Waals surface area contributed by atoms with Crippen molar-refractivity contribution < 1.29 is 9.63 Å². The van der Waals surface area contributed by atoms with Crippen LogP contribution >= 0.6 is 0 Å². The van der Waals surface area contributed by atoms with E-state index in [1.165, 1.54) is 0 Å². The molecule has 0 bridgehead atoms. The molecule has 17 heavy (non-hydrogen) atoms. The Morgan fingerprint density at radius 1 is 1.29 bits per heavy atom. The third kappa shape index (κ3) is 3.72. The number of rotatable bonds is 3. The molecule has 0 aliphatic carbocycles. The van der Waals surface area contributed by atoms with Crippen molar-refractivity contribution in [2.45, 2.75) is 6.61 Å². The summed E-state index contributed by atoms with van der Waals surface area (Å²) in [6.45, 7) is 3.51. The summed E-state index contributed by atoms with van der Waals surface area (Å²) in [6.07, 6.45) is 0. The van der Waals surface area contributed by atoms with Gasteiger partial charge in [0, 0.05) is 26.2 Å². The highest BCUT2D eigenvalue weighted by Gasteiger charge is 2.15. The summed E-state index contributed by atoms with van der Waals surface area (Å²) >= 11 is 0. The van der Waals surface area contributed by atoms with Crippen molar-refractivity contribution in [2.75, 3.05) is 26.2 Å². The Morgan fingerprint density at radius 2 is 2.00 bits per heavy atom. The molecule has 2 N–H and O–H groups in total. The first kappa shape index (κ1) is 11.9. The van der Waals surface area contributed by atoms with Crippen molar-refractivity contribution in [3.63, 3.8) is 0 Å². The van der Waals surface area contributed by atoms with Crippen molar-refractivity contribution in [1.29, 1.82) is 0 Å². The van der Waals surface area contributed by atoms with Gasteiger partial charge >= 0.3 is 6.03 Å². The van der Waals surface area contributed by atoms with Crippen molar-refractivity contribution in [2.24, 2.45) is 0 Å². The van der Waals surface area contributed by atoms with Crippen LogP contribution in [0.2, 0.25) is 0 Å². The van der Waals surface area contributed by atoms with Gasteiger partial charge in [-0.15, -0.1) is 0 Å². The number of piperazine rings is 1. The SMILES string of the molecule is O=C(NOCc1ccccc1)N1CCNCC1. The molecule has 92 valence electrons. The van der Waals surface area contributed by atoms with Gasteiger partial charge in [-0.05, 0) is 5.56 Å². The number of amides is 2. The highest BCUT2D eigenvalue weighted by Crippen LogP contribution is 1.99. The minimum Gasteiger partial charge on any atom is -0.321 e. The van der Waals surface area contributed by atoms with Gasteiger partial charge in [0.15, 0.2) is 0 Å². The van der Waals surface area contributed by atoms with Gasteiger partial charge in [0.25, 0.3) is 0 Å². The van der Waals surface area contributed by atoms with Gasteiger partial charge in [-0.25, -0.2) is 10.3 Å². The van der Waals surface area contributed by atoms with Crippen molar-refractivity contribution in [1.82, 2.24) is 15.7 Å². The van der Waals surface area contributed by atoms with E-state index in [0.717, 1.165) is 31.7 Å². The van der Waals surface area contributed by atoms with E-state index < -0.39 is 0 Å². The fraction of sp³-hybridized carbons (Fsp3) is 0.417. The second kappa shape index (κ2) is 6.22. The zero-order valence-electron chi connectivity index (χ0n) is 9.69. The number of urea groups is 1. The van der Waals surface area contributed by atoms with E-state index >= 15 is 0 Å². The van der Waals surface area contributed by atoms with Gasteiger partial charge in [-0.2, -0.15) is 0 Å². The monoisotopic (exact) mass is 235 g/mol. The summed E-state index contributed by atoms with van der Waals surface area (Å²) in [5.41, 5.74) is 3.50. The van der Waals surface area contributed by atoms with Crippen molar-refractivity contribution >= 4 is 6.03 Å². The molecule has 1 aliphatic heterocycles. The molecule has 0 aromatic heterocycles. The molecule has 1 aliphatic rings. The largest absolute Gasteiger partial charge is 0.341 e. The van der Waals surface area contributed by atoms with Crippen LogP contribution in [-0.2, 0) is 11.4 Å². The Kier molecular flexibility index (Phi) is 4.35. The minimum atomic E-state index is -0.164. The summed E-state index contributed by atoms with van der Waals surface area (Å²) in [6, 6.07) is 9.58. The van der Waals surface area contributed by atoms with Gasteiger partial charge in [-0.1, -0.05) is 30.3 Å². The normalized spacial score (nSPS) is 15.6. The third-order valence-electron chi connectivity index (χ3n) is 2.65. The molecule has 1 aromatic rings. The van der Waals surface area contributed by atoms with Crippen LogP contribution in [0.25, 0.3) is 0 Å². The maximum Gasteiger partial charge on any atom is 0.341 e. The first-order valence-electron chi connectivity index (χ1n) is 5.77. The standard InChI is InChI=1S/C12H17N3O2/c16-12(15-8-6-13-7-9-15)14-17-10-11-4-2-1-3-5-11/h1-5,13H,6-10H2,(H,14,16). The van der Waals surface area contributed by atoms with Gasteiger partial charge in [-0.3, -0.25) is 4.84 Å². The highest BCUT2D eigenvalue weighted by molar-refractivity contribution is 5.73. The number of hydrogen-bond acceptors (Lipinski definition) is 3. The maximum absolute atomic E-state index is 11.7. The number of carbonyl (C=O) groups is 1. The van der Waals surface area contributed by atoms with Crippen LogP contribution in [0.5, 0.6) is 0 Å². The van der Waals surface area contributed by atoms with Crippen LogP contribution < -0.4 is 10.8 Å². The second-order valence-corrected chi connectivity index (χ2v) is 3.92. The highest BCUT2D eigenvalue weighted by atomic mass is 16.7. The van der Waals surface area contributed by atoms with E-state index in [1.807, 2.05) is 30.3 Å². The van der Waals surface area contributed by atoms with E-state index in [1.54, 1.807) is 4.90 Å². The Labute approximate surface area is 101 Å². The summed E-state index contributed by atoms with van der Waals surface area (Å²) in [5.74, 6) is 0. The first-order chi connectivity index (χ1) is 8.36. The average Bonchev–Trinajstić information content (AvgIpc) is 2.41. The van der Waals surface area contributed by atoms with Gasteiger partial charge < -0.3 is 10.2 Å². The molecule has 0 radical (unpaired) electrons. The number of benzene rings is 1.